The number of furan rings is 1. The molecule has 0 aliphatic heterocycles. The molecule has 9 nitrogen and oxygen atoms in total. The zero-order chi connectivity index (χ0) is 21.0. The molecule has 0 saturated carbocycles. The second kappa shape index (κ2) is 8.59. The lowest BCUT2D eigenvalue weighted by atomic mass is 10.1. The largest absolute Gasteiger partial charge is 0.456 e. The monoisotopic (exact) mass is 417 g/mol. The first kappa shape index (κ1) is 20.8. The molecule has 3 aromatic rings. The lowest BCUT2D eigenvalue weighted by molar-refractivity contribution is -0.115. The molecule has 10 heteroatoms. The number of nitrogens with zero attached hydrogens (tertiary/aromatic N) is 2. The SMILES string of the molecule is N#CCC(=O)Nc1ccc2c(c1)oc1ccc(S(=O)(=O)N(CCO)CCO)cc12. The van der Waals surface area contributed by atoms with E-state index in [0.717, 1.165) is 4.31 Å². The summed E-state index contributed by atoms with van der Waals surface area (Å²) < 4.78 is 32.5. The van der Waals surface area contributed by atoms with Crippen molar-refractivity contribution in [2.75, 3.05) is 31.6 Å². The van der Waals surface area contributed by atoms with E-state index in [1.54, 1.807) is 24.3 Å². The van der Waals surface area contributed by atoms with Gasteiger partial charge in [-0.2, -0.15) is 9.57 Å². The first-order chi connectivity index (χ1) is 13.9. The predicted octanol–water partition coefficient (Wildman–Crippen LogP) is 1.41. The lowest BCUT2D eigenvalue weighted by Crippen LogP contribution is -2.35. The van der Waals surface area contributed by atoms with E-state index in [-0.39, 0.29) is 37.6 Å². The summed E-state index contributed by atoms with van der Waals surface area (Å²) in [6, 6.07) is 11.1. The zero-order valence-electron chi connectivity index (χ0n) is 15.3. The number of amides is 1. The molecule has 0 aliphatic carbocycles. The highest BCUT2D eigenvalue weighted by Crippen LogP contribution is 2.32. The molecule has 29 heavy (non-hydrogen) atoms. The standard InChI is InChI=1S/C19H19N3O6S/c20-6-5-19(25)21-13-1-3-15-16-12-14(2-4-17(16)28-18(15)11-13)29(26,27)22(7-9-23)8-10-24/h1-4,11-12,23-24H,5,7-10H2,(H,21,25). The normalized spacial score (nSPS) is 11.8. The van der Waals surface area contributed by atoms with Crippen molar-refractivity contribution in [2.24, 2.45) is 0 Å². The molecule has 2 aromatic carbocycles. The Morgan fingerprint density at radius 1 is 1.07 bits per heavy atom. The Hall–Kier alpha value is -2.97. The first-order valence-corrected chi connectivity index (χ1v) is 10.2. The topological polar surface area (TPSA) is 144 Å². The van der Waals surface area contributed by atoms with E-state index in [9.17, 15) is 13.2 Å². The third kappa shape index (κ3) is 4.23. The van der Waals surface area contributed by atoms with Gasteiger partial charge in [0.15, 0.2) is 0 Å². The number of aliphatic hydroxyl groups is 2. The number of benzene rings is 2. The highest BCUT2D eigenvalue weighted by Gasteiger charge is 2.24. The van der Waals surface area contributed by atoms with Crippen LogP contribution in [0, 0.1) is 11.3 Å². The number of aliphatic hydroxyl groups excluding tert-OH is 2. The van der Waals surface area contributed by atoms with Crippen LogP contribution in [-0.4, -0.2) is 55.1 Å². The third-order valence-corrected chi connectivity index (χ3v) is 6.20. The van der Waals surface area contributed by atoms with E-state index in [2.05, 4.69) is 5.32 Å². The van der Waals surface area contributed by atoms with E-state index >= 15 is 0 Å². The Bertz CT molecular complexity index is 1190. The number of carbonyl (C=O) groups excluding carboxylic acids is 1. The van der Waals surface area contributed by atoms with Crippen LogP contribution in [0.15, 0.2) is 45.7 Å². The summed E-state index contributed by atoms with van der Waals surface area (Å²) in [7, 11) is -3.91. The van der Waals surface area contributed by atoms with E-state index in [4.69, 9.17) is 19.9 Å². The van der Waals surface area contributed by atoms with E-state index in [1.165, 1.54) is 18.2 Å². The van der Waals surface area contributed by atoms with Gasteiger partial charge in [-0.25, -0.2) is 8.42 Å². The zero-order valence-corrected chi connectivity index (χ0v) is 16.1. The van der Waals surface area contributed by atoms with Gasteiger partial charge in [0.05, 0.1) is 24.2 Å². The number of hydrogen-bond acceptors (Lipinski definition) is 7. The first-order valence-electron chi connectivity index (χ1n) is 8.75. The van der Waals surface area contributed by atoms with Crippen LogP contribution >= 0.6 is 0 Å². The third-order valence-electron chi connectivity index (χ3n) is 4.30. The number of fused-ring (bicyclic) bond motifs is 3. The molecule has 0 spiro atoms. The fraction of sp³-hybridized carbons (Fsp3) is 0.263. The van der Waals surface area contributed by atoms with Crippen molar-refractivity contribution in [3.63, 3.8) is 0 Å². The van der Waals surface area contributed by atoms with Gasteiger partial charge in [0.25, 0.3) is 0 Å². The van der Waals surface area contributed by atoms with E-state index < -0.39 is 15.9 Å². The van der Waals surface area contributed by atoms with Crippen molar-refractivity contribution in [3.05, 3.63) is 36.4 Å². The molecule has 1 heterocycles. The predicted molar refractivity (Wildman–Crippen MR) is 106 cm³/mol. The second-order valence-corrected chi connectivity index (χ2v) is 8.14. The molecule has 1 amide bonds. The van der Waals surface area contributed by atoms with Gasteiger partial charge in [-0.15, -0.1) is 0 Å². The summed E-state index contributed by atoms with van der Waals surface area (Å²) in [5, 5.41) is 30.6. The van der Waals surface area contributed by atoms with Crippen LogP contribution < -0.4 is 5.32 Å². The summed E-state index contributed by atoms with van der Waals surface area (Å²) in [6.45, 7) is -0.982. The van der Waals surface area contributed by atoms with Crippen molar-refractivity contribution >= 4 is 43.6 Å². The van der Waals surface area contributed by atoms with Gasteiger partial charge in [-0.1, -0.05) is 0 Å². The molecule has 0 aliphatic rings. The fourth-order valence-corrected chi connectivity index (χ4v) is 4.44. The highest BCUT2D eigenvalue weighted by atomic mass is 32.2. The minimum atomic E-state index is -3.91. The maximum Gasteiger partial charge on any atom is 0.243 e. The minimum absolute atomic E-state index is 0.0148. The quantitative estimate of drug-likeness (QED) is 0.503. The van der Waals surface area contributed by atoms with Crippen molar-refractivity contribution < 1.29 is 27.8 Å². The van der Waals surface area contributed by atoms with Gasteiger partial charge in [-0.05, 0) is 30.3 Å². The molecule has 0 fully saturated rings. The summed E-state index contributed by atoms with van der Waals surface area (Å²) in [5.74, 6) is -0.441. The molecule has 3 rings (SSSR count). The molecular formula is C19H19N3O6S. The van der Waals surface area contributed by atoms with Crippen LogP contribution in [0.5, 0.6) is 0 Å². The van der Waals surface area contributed by atoms with Crippen LogP contribution in [0.4, 0.5) is 5.69 Å². The molecule has 0 unspecified atom stereocenters. The van der Waals surface area contributed by atoms with Crippen LogP contribution in [0.25, 0.3) is 21.9 Å². The molecule has 152 valence electrons. The second-order valence-electron chi connectivity index (χ2n) is 6.21. The maximum absolute atomic E-state index is 12.9. The van der Waals surface area contributed by atoms with Gasteiger partial charge in [0.2, 0.25) is 15.9 Å². The maximum atomic E-state index is 12.9. The highest BCUT2D eigenvalue weighted by molar-refractivity contribution is 7.89. The Kier molecular flexibility index (Phi) is 6.14. The van der Waals surface area contributed by atoms with Crippen molar-refractivity contribution in [3.8, 4) is 6.07 Å². The van der Waals surface area contributed by atoms with Gasteiger partial charge in [-0.3, -0.25) is 4.79 Å². The number of carbonyl (C=O) groups is 1. The fourth-order valence-electron chi connectivity index (χ4n) is 3.00. The van der Waals surface area contributed by atoms with E-state index in [0.29, 0.717) is 27.6 Å². The molecular weight excluding hydrogens is 398 g/mol. The van der Waals surface area contributed by atoms with Crippen molar-refractivity contribution in [2.45, 2.75) is 11.3 Å². The summed E-state index contributed by atoms with van der Waals surface area (Å²) in [6.07, 6.45) is -0.266. The molecule has 0 radical (unpaired) electrons. The van der Waals surface area contributed by atoms with Crippen LogP contribution in [0.2, 0.25) is 0 Å². The summed E-state index contributed by atoms with van der Waals surface area (Å²) >= 11 is 0. The average molecular weight is 417 g/mol. The van der Waals surface area contributed by atoms with Gasteiger partial charge in [0.1, 0.15) is 17.6 Å². The van der Waals surface area contributed by atoms with Gasteiger partial charge >= 0.3 is 0 Å². The van der Waals surface area contributed by atoms with Gasteiger partial charge in [0, 0.05) is 35.6 Å². The number of anilines is 1. The number of nitriles is 1. The van der Waals surface area contributed by atoms with E-state index in [1.807, 2.05) is 0 Å². The summed E-state index contributed by atoms with van der Waals surface area (Å²) in [4.78, 5) is 11.6. The Balaban J connectivity index is 2.02. The molecule has 1 aromatic heterocycles. The van der Waals surface area contributed by atoms with Crippen LogP contribution in [-0.2, 0) is 14.8 Å². The van der Waals surface area contributed by atoms with Gasteiger partial charge < -0.3 is 19.9 Å². The molecule has 0 bridgehead atoms. The van der Waals surface area contributed by atoms with Crippen molar-refractivity contribution in [1.82, 2.24) is 4.31 Å². The lowest BCUT2D eigenvalue weighted by Gasteiger charge is -2.20. The van der Waals surface area contributed by atoms with Crippen molar-refractivity contribution in [1.29, 1.82) is 5.26 Å². The molecule has 3 N–H and O–H groups in total. The molecule has 0 saturated heterocycles. The number of sulfonamides is 1. The van der Waals surface area contributed by atoms with Crippen LogP contribution in [0.3, 0.4) is 0 Å². The molecule has 0 atom stereocenters. The minimum Gasteiger partial charge on any atom is -0.456 e. The Morgan fingerprint density at radius 2 is 1.79 bits per heavy atom. The Labute approximate surface area is 166 Å². The van der Waals surface area contributed by atoms with Crippen LogP contribution in [0.1, 0.15) is 6.42 Å². The number of hydrogen-bond donors (Lipinski definition) is 3. The number of nitrogens with one attached hydrogen (secondary N) is 1. The Morgan fingerprint density at radius 3 is 2.45 bits per heavy atom. The number of rotatable bonds is 8. The average Bonchev–Trinajstić information content (AvgIpc) is 3.04. The smallest absolute Gasteiger partial charge is 0.243 e. The summed E-state index contributed by atoms with van der Waals surface area (Å²) in [5.41, 5.74) is 1.38.